The summed E-state index contributed by atoms with van der Waals surface area (Å²) in [6, 6.07) is 9.29. The summed E-state index contributed by atoms with van der Waals surface area (Å²) in [5.41, 5.74) is 0.714. The van der Waals surface area contributed by atoms with E-state index in [4.69, 9.17) is 14.6 Å². The molecular weight excluding hydrogens is 246 g/mol. The van der Waals surface area contributed by atoms with E-state index in [9.17, 15) is 4.79 Å². The molecule has 0 aliphatic heterocycles. The fourth-order valence-electron chi connectivity index (χ4n) is 1.75. The van der Waals surface area contributed by atoms with Crippen molar-refractivity contribution in [2.24, 2.45) is 0 Å². The number of carboxylic acids is 1. The van der Waals surface area contributed by atoms with Gasteiger partial charge in [-0.05, 0) is 19.1 Å². The first kappa shape index (κ1) is 13.3. The molecule has 1 aromatic heterocycles. The first-order valence-electron chi connectivity index (χ1n) is 6.03. The van der Waals surface area contributed by atoms with Gasteiger partial charge in [-0.15, -0.1) is 0 Å². The van der Waals surface area contributed by atoms with Gasteiger partial charge in [-0.3, -0.25) is 4.98 Å². The number of nitrogens with zero attached hydrogens (tertiary/aromatic N) is 1. The van der Waals surface area contributed by atoms with Crippen molar-refractivity contribution in [3.63, 3.8) is 0 Å². The van der Waals surface area contributed by atoms with E-state index < -0.39 is 12.1 Å². The Labute approximate surface area is 110 Å². The topological polar surface area (TPSA) is 68.7 Å². The van der Waals surface area contributed by atoms with Gasteiger partial charge in [0.1, 0.15) is 17.9 Å². The lowest BCUT2D eigenvalue weighted by molar-refractivity contribution is -0.151. The Morgan fingerprint density at radius 3 is 2.89 bits per heavy atom. The number of carbonyl (C=O) groups is 1. The monoisotopic (exact) mass is 261 g/mol. The van der Waals surface area contributed by atoms with Crippen LogP contribution in [0.2, 0.25) is 0 Å². The second-order valence-electron chi connectivity index (χ2n) is 3.92. The zero-order valence-electron chi connectivity index (χ0n) is 10.6. The molecule has 0 bridgehead atoms. The number of ether oxygens (including phenoxy) is 2. The number of pyridine rings is 1. The van der Waals surface area contributed by atoms with Crippen molar-refractivity contribution in [1.82, 2.24) is 4.98 Å². The number of carboxylic acid groups (broad SMARTS) is 1. The number of fused-ring (bicyclic) bond motifs is 1. The van der Waals surface area contributed by atoms with E-state index >= 15 is 0 Å². The van der Waals surface area contributed by atoms with E-state index in [0.717, 1.165) is 5.39 Å². The Kier molecular flexibility index (Phi) is 4.30. The highest BCUT2D eigenvalue weighted by Gasteiger charge is 2.18. The molecule has 0 amide bonds. The van der Waals surface area contributed by atoms with Crippen LogP contribution in [0.5, 0.6) is 5.75 Å². The summed E-state index contributed by atoms with van der Waals surface area (Å²) in [5, 5.41) is 9.92. The predicted octanol–water partition coefficient (Wildman–Crippen LogP) is 2.10. The molecule has 2 aromatic rings. The Hall–Kier alpha value is -2.14. The van der Waals surface area contributed by atoms with Crippen LogP contribution < -0.4 is 4.74 Å². The third-order valence-electron chi connectivity index (χ3n) is 2.63. The molecule has 0 aliphatic rings. The fraction of sp³-hybridized carbons (Fsp3) is 0.286. The van der Waals surface area contributed by atoms with Gasteiger partial charge in [-0.2, -0.15) is 0 Å². The maximum absolute atomic E-state index is 11.0. The Balaban J connectivity index is 2.15. The minimum absolute atomic E-state index is 0.0428. The largest absolute Gasteiger partial charge is 0.488 e. The molecule has 0 spiro atoms. The number of hydrogen-bond acceptors (Lipinski definition) is 4. The molecule has 1 aromatic carbocycles. The number of aliphatic carboxylic acids is 1. The van der Waals surface area contributed by atoms with Gasteiger partial charge in [0.15, 0.2) is 6.10 Å². The van der Waals surface area contributed by atoms with Crippen LogP contribution in [0.15, 0.2) is 36.5 Å². The fourth-order valence-corrected chi connectivity index (χ4v) is 1.75. The van der Waals surface area contributed by atoms with Crippen LogP contribution in [-0.2, 0) is 9.53 Å². The molecule has 5 heteroatoms. The van der Waals surface area contributed by atoms with E-state index in [1.807, 2.05) is 24.3 Å². The molecule has 0 saturated carbocycles. The van der Waals surface area contributed by atoms with Crippen LogP contribution in [0.3, 0.4) is 0 Å². The lowest BCUT2D eigenvalue weighted by Gasteiger charge is -2.14. The summed E-state index contributed by atoms with van der Waals surface area (Å²) in [4.78, 5) is 15.2. The SMILES string of the molecule is CCOC(COc1cccc2cccnc12)C(=O)O. The quantitative estimate of drug-likeness (QED) is 0.862. The van der Waals surface area contributed by atoms with Crippen LogP contribution in [0.4, 0.5) is 0 Å². The van der Waals surface area contributed by atoms with Crippen LogP contribution in [0, 0.1) is 0 Å². The summed E-state index contributed by atoms with van der Waals surface area (Å²) >= 11 is 0. The smallest absolute Gasteiger partial charge is 0.336 e. The highest BCUT2D eigenvalue weighted by atomic mass is 16.5. The van der Waals surface area contributed by atoms with Gasteiger partial charge >= 0.3 is 5.97 Å². The van der Waals surface area contributed by atoms with Gasteiger partial charge in [0.2, 0.25) is 0 Å². The average Bonchev–Trinajstić information content (AvgIpc) is 2.43. The van der Waals surface area contributed by atoms with Gasteiger partial charge in [-0.25, -0.2) is 4.79 Å². The molecule has 1 atom stereocenters. The van der Waals surface area contributed by atoms with Crippen molar-refractivity contribution in [3.05, 3.63) is 36.5 Å². The van der Waals surface area contributed by atoms with E-state index in [-0.39, 0.29) is 6.61 Å². The van der Waals surface area contributed by atoms with Crippen molar-refractivity contribution in [1.29, 1.82) is 0 Å². The molecule has 0 radical (unpaired) electrons. The zero-order chi connectivity index (χ0) is 13.7. The lowest BCUT2D eigenvalue weighted by Crippen LogP contribution is -2.30. The van der Waals surface area contributed by atoms with Gasteiger partial charge in [0.05, 0.1) is 0 Å². The van der Waals surface area contributed by atoms with Crippen molar-refractivity contribution < 1.29 is 19.4 Å². The Bertz CT molecular complexity index is 565. The number of benzene rings is 1. The lowest BCUT2D eigenvalue weighted by atomic mass is 10.2. The maximum atomic E-state index is 11.0. The van der Waals surface area contributed by atoms with Gasteiger partial charge in [-0.1, -0.05) is 18.2 Å². The number of hydrogen-bond donors (Lipinski definition) is 1. The van der Waals surface area contributed by atoms with Gasteiger partial charge < -0.3 is 14.6 Å². The van der Waals surface area contributed by atoms with E-state index in [1.54, 1.807) is 19.2 Å². The second-order valence-corrected chi connectivity index (χ2v) is 3.92. The van der Waals surface area contributed by atoms with Crippen molar-refractivity contribution in [2.75, 3.05) is 13.2 Å². The molecule has 1 heterocycles. The number of para-hydroxylation sites is 1. The third-order valence-corrected chi connectivity index (χ3v) is 2.63. The first-order chi connectivity index (χ1) is 9.22. The Morgan fingerprint density at radius 2 is 2.16 bits per heavy atom. The summed E-state index contributed by atoms with van der Waals surface area (Å²) < 4.78 is 10.6. The molecule has 1 N–H and O–H groups in total. The van der Waals surface area contributed by atoms with Gasteiger partial charge in [0, 0.05) is 18.2 Å². The summed E-state index contributed by atoms with van der Waals surface area (Å²) in [6.07, 6.45) is 0.704. The van der Waals surface area contributed by atoms with Crippen molar-refractivity contribution in [3.8, 4) is 5.75 Å². The second kappa shape index (κ2) is 6.15. The van der Waals surface area contributed by atoms with Crippen LogP contribution in [0.1, 0.15) is 6.92 Å². The predicted molar refractivity (Wildman–Crippen MR) is 70.3 cm³/mol. The normalized spacial score (nSPS) is 12.3. The number of aromatic nitrogens is 1. The minimum atomic E-state index is -1.03. The van der Waals surface area contributed by atoms with Gasteiger partial charge in [0.25, 0.3) is 0 Å². The highest BCUT2D eigenvalue weighted by molar-refractivity contribution is 5.84. The molecule has 0 fully saturated rings. The summed E-state index contributed by atoms with van der Waals surface area (Å²) in [5.74, 6) is -0.473. The van der Waals surface area contributed by atoms with E-state index in [2.05, 4.69) is 4.98 Å². The summed E-state index contributed by atoms with van der Waals surface area (Å²) in [6.45, 7) is 2.03. The van der Waals surface area contributed by atoms with E-state index in [1.165, 1.54) is 0 Å². The van der Waals surface area contributed by atoms with Crippen molar-refractivity contribution in [2.45, 2.75) is 13.0 Å². The molecule has 100 valence electrons. The molecule has 19 heavy (non-hydrogen) atoms. The maximum Gasteiger partial charge on any atom is 0.336 e. The Morgan fingerprint density at radius 1 is 1.37 bits per heavy atom. The number of rotatable bonds is 6. The minimum Gasteiger partial charge on any atom is -0.488 e. The van der Waals surface area contributed by atoms with Crippen LogP contribution in [0.25, 0.3) is 10.9 Å². The molecule has 5 nitrogen and oxygen atoms in total. The zero-order valence-corrected chi connectivity index (χ0v) is 10.6. The molecule has 0 aliphatic carbocycles. The third kappa shape index (κ3) is 3.20. The average molecular weight is 261 g/mol. The highest BCUT2D eigenvalue weighted by Crippen LogP contribution is 2.23. The molecule has 0 saturated heterocycles. The standard InChI is InChI=1S/C14H15NO4/c1-2-18-12(14(16)17)9-19-11-7-3-5-10-6-4-8-15-13(10)11/h3-8,12H,2,9H2,1H3,(H,16,17). The molecule has 1 unspecified atom stereocenters. The molecule has 2 rings (SSSR count). The molecular formula is C14H15NO4. The van der Waals surface area contributed by atoms with Crippen LogP contribution >= 0.6 is 0 Å². The van der Waals surface area contributed by atoms with E-state index in [0.29, 0.717) is 17.9 Å². The van der Waals surface area contributed by atoms with Crippen LogP contribution in [-0.4, -0.2) is 35.4 Å². The van der Waals surface area contributed by atoms with Crippen molar-refractivity contribution >= 4 is 16.9 Å². The first-order valence-corrected chi connectivity index (χ1v) is 6.03. The summed E-state index contributed by atoms with van der Waals surface area (Å²) in [7, 11) is 0.